The molecule has 0 saturated carbocycles. The van der Waals surface area contributed by atoms with Crippen LogP contribution in [0.1, 0.15) is 17.5 Å². The van der Waals surface area contributed by atoms with Crippen LogP contribution in [0.4, 0.5) is 4.79 Å². The fourth-order valence-electron chi connectivity index (χ4n) is 2.47. The number of methoxy groups -OCH3 is 1. The number of hydrogen-bond acceptors (Lipinski definition) is 4. The van der Waals surface area contributed by atoms with E-state index in [1.807, 2.05) is 19.9 Å². The molecular formula is C15H22N2O4S. The third-order valence-corrected chi connectivity index (χ3v) is 5.90. The summed E-state index contributed by atoms with van der Waals surface area (Å²) < 4.78 is 31.6. The zero-order valence-electron chi connectivity index (χ0n) is 13.2. The lowest BCUT2D eigenvalue weighted by molar-refractivity contribution is 0.126. The van der Waals surface area contributed by atoms with Crippen molar-refractivity contribution in [1.29, 1.82) is 0 Å². The highest BCUT2D eigenvalue weighted by Crippen LogP contribution is 2.20. The van der Waals surface area contributed by atoms with Crippen LogP contribution in [0, 0.1) is 13.8 Å². The van der Waals surface area contributed by atoms with Crippen molar-refractivity contribution in [3.05, 3.63) is 29.3 Å². The summed E-state index contributed by atoms with van der Waals surface area (Å²) in [6.07, 6.45) is 0.185. The van der Waals surface area contributed by atoms with Crippen LogP contribution < -0.4 is 0 Å². The summed E-state index contributed by atoms with van der Waals surface area (Å²) in [6.45, 7) is 5.39. The Morgan fingerprint density at radius 3 is 2.45 bits per heavy atom. The van der Waals surface area contributed by atoms with E-state index in [9.17, 15) is 13.2 Å². The van der Waals surface area contributed by atoms with E-state index >= 15 is 0 Å². The monoisotopic (exact) mass is 326 g/mol. The Bertz CT molecular complexity index is 658. The molecule has 1 heterocycles. The van der Waals surface area contributed by atoms with Gasteiger partial charge in [-0.3, -0.25) is 0 Å². The van der Waals surface area contributed by atoms with Crippen molar-refractivity contribution in [2.75, 3.05) is 33.3 Å². The number of sulfonamides is 1. The highest BCUT2D eigenvalue weighted by atomic mass is 32.2. The molecule has 6 nitrogen and oxygen atoms in total. The van der Waals surface area contributed by atoms with Crippen molar-refractivity contribution in [2.24, 2.45) is 0 Å². The quantitative estimate of drug-likeness (QED) is 0.831. The first-order chi connectivity index (χ1) is 10.4. The van der Waals surface area contributed by atoms with E-state index in [4.69, 9.17) is 4.74 Å². The van der Waals surface area contributed by atoms with E-state index in [0.717, 1.165) is 11.1 Å². The molecular weight excluding hydrogens is 304 g/mol. The molecule has 0 spiro atoms. The SMILES string of the molecule is COC(=O)N1CCCN(S(=O)(=O)c2ccc(C)c(C)c2)CC1. The first kappa shape index (κ1) is 16.8. The average molecular weight is 326 g/mol. The second-order valence-electron chi connectivity index (χ2n) is 5.46. The summed E-state index contributed by atoms with van der Waals surface area (Å²) in [4.78, 5) is 13.4. The number of aryl methyl sites for hydroxylation is 2. The van der Waals surface area contributed by atoms with Gasteiger partial charge in [-0.1, -0.05) is 6.07 Å². The van der Waals surface area contributed by atoms with Gasteiger partial charge < -0.3 is 9.64 Å². The van der Waals surface area contributed by atoms with Gasteiger partial charge in [-0.15, -0.1) is 0 Å². The average Bonchev–Trinajstić information content (AvgIpc) is 2.75. The van der Waals surface area contributed by atoms with E-state index in [1.165, 1.54) is 16.3 Å². The lowest BCUT2D eigenvalue weighted by Crippen LogP contribution is -2.37. The zero-order valence-corrected chi connectivity index (χ0v) is 14.0. The Balaban J connectivity index is 2.19. The summed E-state index contributed by atoms with van der Waals surface area (Å²) in [5.41, 5.74) is 2.01. The first-order valence-corrected chi connectivity index (χ1v) is 8.70. The standard InChI is InChI=1S/C15H22N2O4S/c1-12-5-6-14(11-13(12)2)22(19,20)17-8-4-7-16(9-10-17)15(18)21-3/h5-6,11H,4,7-10H2,1-3H3. The number of rotatable bonds is 2. The number of amides is 1. The van der Waals surface area contributed by atoms with Gasteiger partial charge in [-0.25, -0.2) is 13.2 Å². The lowest BCUT2D eigenvalue weighted by atomic mass is 10.1. The minimum absolute atomic E-state index is 0.282. The summed E-state index contributed by atoms with van der Waals surface area (Å²) in [5.74, 6) is 0. The molecule has 1 amide bonds. The first-order valence-electron chi connectivity index (χ1n) is 7.26. The van der Waals surface area contributed by atoms with Crippen molar-refractivity contribution in [3.8, 4) is 0 Å². The highest BCUT2D eigenvalue weighted by molar-refractivity contribution is 7.89. The maximum absolute atomic E-state index is 12.7. The topological polar surface area (TPSA) is 66.9 Å². The Hall–Kier alpha value is -1.60. The minimum atomic E-state index is -3.53. The van der Waals surface area contributed by atoms with Crippen LogP contribution in [0.2, 0.25) is 0 Å². The third-order valence-electron chi connectivity index (χ3n) is 4.00. The molecule has 0 bridgehead atoms. The van der Waals surface area contributed by atoms with Gasteiger partial charge in [0.15, 0.2) is 0 Å². The second-order valence-corrected chi connectivity index (χ2v) is 7.40. The van der Waals surface area contributed by atoms with Crippen molar-refractivity contribution >= 4 is 16.1 Å². The van der Waals surface area contributed by atoms with Gasteiger partial charge in [0.25, 0.3) is 0 Å². The Morgan fingerprint density at radius 2 is 1.82 bits per heavy atom. The van der Waals surface area contributed by atoms with E-state index in [0.29, 0.717) is 31.0 Å². The Morgan fingerprint density at radius 1 is 1.09 bits per heavy atom. The van der Waals surface area contributed by atoms with Gasteiger partial charge in [0.05, 0.1) is 12.0 Å². The molecule has 1 fully saturated rings. The van der Waals surface area contributed by atoms with Crippen molar-refractivity contribution in [1.82, 2.24) is 9.21 Å². The number of carbonyl (C=O) groups excluding carboxylic acids is 1. The second kappa shape index (κ2) is 6.66. The largest absolute Gasteiger partial charge is 0.453 e. The zero-order chi connectivity index (χ0) is 16.3. The van der Waals surface area contributed by atoms with Crippen molar-refractivity contribution < 1.29 is 17.9 Å². The van der Waals surface area contributed by atoms with Crippen molar-refractivity contribution in [3.63, 3.8) is 0 Å². The number of ether oxygens (including phenoxy) is 1. The summed E-state index contributed by atoms with van der Waals surface area (Å²) in [7, 11) is -2.20. The van der Waals surface area contributed by atoms with Crippen LogP contribution in [0.15, 0.2) is 23.1 Å². The molecule has 0 aromatic heterocycles. The van der Waals surface area contributed by atoms with E-state index in [-0.39, 0.29) is 6.54 Å². The van der Waals surface area contributed by atoms with Crippen LogP contribution in [0.5, 0.6) is 0 Å². The normalized spacial score (nSPS) is 17.1. The maximum atomic E-state index is 12.7. The smallest absolute Gasteiger partial charge is 0.409 e. The number of benzene rings is 1. The molecule has 1 aliphatic rings. The molecule has 0 aliphatic carbocycles. The van der Waals surface area contributed by atoms with E-state index in [2.05, 4.69) is 0 Å². The molecule has 2 rings (SSSR count). The number of nitrogens with zero attached hydrogens (tertiary/aromatic N) is 2. The Labute approximate surface area is 131 Å². The fraction of sp³-hybridized carbons (Fsp3) is 0.533. The maximum Gasteiger partial charge on any atom is 0.409 e. The highest BCUT2D eigenvalue weighted by Gasteiger charge is 2.28. The summed E-state index contributed by atoms with van der Waals surface area (Å²) in [5, 5.41) is 0. The molecule has 0 unspecified atom stereocenters. The van der Waals surface area contributed by atoms with E-state index < -0.39 is 16.1 Å². The van der Waals surface area contributed by atoms with Crippen LogP contribution in [0.3, 0.4) is 0 Å². The third kappa shape index (κ3) is 3.41. The van der Waals surface area contributed by atoms with E-state index in [1.54, 1.807) is 12.1 Å². The molecule has 1 aromatic rings. The van der Waals surface area contributed by atoms with Gasteiger partial charge in [-0.05, 0) is 43.5 Å². The number of carbonyl (C=O) groups is 1. The van der Waals surface area contributed by atoms with Gasteiger partial charge in [0.2, 0.25) is 10.0 Å². The molecule has 7 heteroatoms. The summed E-state index contributed by atoms with van der Waals surface area (Å²) >= 11 is 0. The molecule has 0 N–H and O–H groups in total. The molecule has 1 saturated heterocycles. The Kier molecular flexibility index (Phi) is 5.08. The van der Waals surface area contributed by atoms with Crippen LogP contribution in [-0.2, 0) is 14.8 Å². The predicted octanol–water partition coefficient (Wildman–Crippen LogP) is 1.77. The summed E-state index contributed by atoms with van der Waals surface area (Å²) in [6, 6.07) is 5.16. The van der Waals surface area contributed by atoms with Gasteiger partial charge in [-0.2, -0.15) is 4.31 Å². The van der Waals surface area contributed by atoms with Crippen molar-refractivity contribution in [2.45, 2.75) is 25.2 Å². The fourth-order valence-corrected chi connectivity index (χ4v) is 4.02. The predicted molar refractivity (Wildman–Crippen MR) is 83.3 cm³/mol. The minimum Gasteiger partial charge on any atom is -0.453 e. The van der Waals surface area contributed by atoms with Gasteiger partial charge in [0, 0.05) is 26.2 Å². The molecule has 0 atom stereocenters. The lowest BCUT2D eigenvalue weighted by Gasteiger charge is -2.21. The molecule has 1 aromatic carbocycles. The van der Waals surface area contributed by atoms with Gasteiger partial charge >= 0.3 is 6.09 Å². The molecule has 22 heavy (non-hydrogen) atoms. The molecule has 122 valence electrons. The molecule has 0 radical (unpaired) electrons. The van der Waals surface area contributed by atoms with Gasteiger partial charge in [0.1, 0.15) is 0 Å². The van der Waals surface area contributed by atoms with Crippen LogP contribution in [0.25, 0.3) is 0 Å². The van der Waals surface area contributed by atoms with Crippen LogP contribution in [-0.4, -0.2) is 57.0 Å². The molecule has 1 aliphatic heterocycles. The number of hydrogen-bond donors (Lipinski definition) is 0. The van der Waals surface area contributed by atoms with Crippen LogP contribution >= 0.6 is 0 Å².